The standard InChI is InChI=1S/C16H25NO2/c1-5-10-17-15-12-8-6-7-9-13(12)18-11-14(15)19-16(2,3)4/h6-9,14-15,17H,5,10-11H2,1-4H3. The fourth-order valence-electron chi connectivity index (χ4n) is 2.43. The van der Waals surface area contributed by atoms with Crippen molar-refractivity contribution in [2.45, 2.75) is 51.9 Å². The summed E-state index contributed by atoms with van der Waals surface area (Å²) in [4.78, 5) is 0. The second-order valence-electron chi connectivity index (χ2n) is 6.05. The maximum atomic E-state index is 6.16. The van der Waals surface area contributed by atoms with Gasteiger partial charge in [-0.1, -0.05) is 25.1 Å². The van der Waals surface area contributed by atoms with Gasteiger partial charge in [0.1, 0.15) is 18.5 Å². The van der Waals surface area contributed by atoms with Crippen molar-refractivity contribution in [3.05, 3.63) is 29.8 Å². The lowest BCUT2D eigenvalue weighted by atomic mass is 9.97. The van der Waals surface area contributed by atoms with E-state index in [1.807, 2.05) is 12.1 Å². The van der Waals surface area contributed by atoms with Gasteiger partial charge in [0.15, 0.2) is 0 Å². The molecule has 2 rings (SSSR count). The number of rotatable bonds is 4. The molecule has 1 aliphatic heterocycles. The largest absolute Gasteiger partial charge is 0.490 e. The molecule has 0 saturated heterocycles. The van der Waals surface area contributed by atoms with Gasteiger partial charge in [0.25, 0.3) is 0 Å². The second kappa shape index (κ2) is 5.93. The highest BCUT2D eigenvalue weighted by Crippen LogP contribution is 2.34. The summed E-state index contributed by atoms with van der Waals surface area (Å²) in [5.74, 6) is 0.977. The van der Waals surface area contributed by atoms with E-state index >= 15 is 0 Å². The van der Waals surface area contributed by atoms with E-state index in [1.165, 1.54) is 5.56 Å². The molecular weight excluding hydrogens is 238 g/mol. The van der Waals surface area contributed by atoms with Crippen LogP contribution in [0.4, 0.5) is 0 Å². The van der Waals surface area contributed by atoms with E-state index in [2.05, 4.69) is 45.1 Å². The summed E-state index contributed by atoms with van der Waals surface area (Å²) < 4.78 is 12.0. The molecule has 19 heavy (non-hydrogen) atoms. The first kappa shape index (κ1) is 14.4. The molecule has 1 aromatic carbocycles. The summed E-state index contributed by atoms with van der Waals surface area (Å²) in [5, 5.41) is 3.60. The van der Waals surface area contributed by atoms with Gasteiger partial charge in [-0.2, -0.15) is 0 Å². The van der Waals surface area contributed by atoms with Crippen molar-refractivity contribution in [3.63, 3.8) is 0 Å². The van der Waals surface area contributed by atoms with Crippen molar-refractivity contribution < 1.29 is 9.47 Å². The second-order valence-corrected chi connectivity index (χ2v) is 6.05. The lowest BCUT2D eigenvalue weighted by molar-refractivity contribution is -0.0979. The van der Waals surface area contributed by atoms with Gasteiger partial charge in [-0.15, -0.1) is 0 Å². The Hall–Kier alpha value is -1.06. The van der Waals surface area contributed by atoms with Crippen LogP contribution in [0.5, 0.6) is 5.75 Å². The Bertz CT molecular complexity index is 411. The third kappa shape index (κ3) is 3.71. The van der Waals surface area contributed by atoms with E-state index in [0.29, 0.717) is 6.61 Å². The van der Waals surface area contributed by atoms with E-state index in [0.717, 1.165) is 18.7 Å². The first-order valence-corrected chi connectivity index (χ1v) is 7.14. The SMILES string of the molecule is CCCNC1c2ccccc2OCC1OC(C)(C)C. The molecule has 0 bridgehead atoms. The van der Waals surface area contributed by atoms with Gasteiger partial charge >= 0.3 is 0 Å². The number of benzene rings is 1. The fourth-order valence-corrected chi connectivity index (χ4v) is 2.43. The molecule has 0 saturated carbocycles. The highest BCUT2D eigenvalue weighted by atomic mass is 16.5. The van der Waals surface area contributed by atoms with Gasteiger partial charge in [0.05, 0.1) is 11.6 Å². The van der Waals surface area contributed by atoms with Gasteiger partial charge in [0, 0.05) is 5.56 Å². The van der Waals surface area contributed by atoms with Gasteiger partial charge in [-0.25, -0.2) is 0 Å². The summed E-state index contributed by atoms with van der Waals surface area (Å²) >= 11 is 0. The molecule has 1 heterocycles. The monoisotopic (exact) mass is 263 g/mol. The summed E-state index contributed by atoms with van der Waals surface area (Å²) in [6.45, 7) is 10.0. The zero-order valence-electron chi connectivity index (χ0n) is 12.4. The predicted octanol–water partition coefficient (Wildman–Crippen LogP) is 3.30. The minimum Gasteiger partial charge on any atom is -0.490 e. The number of fused-ring (bicyclic) bond motifs is 1. The normalized spacial score (nSPS) is 22.7. The number of para-hydroxylation sites is 1. The van der Waals surface area contributed by atoms with Crippen LogP contribution in [-0.2, 0) is 4.74 Å². The first-order valence-electron chi connectivity index (χ1n) is 7.14. The van der Waals surface area contributed by atoms with E-state index in [1.54, 1.807) is 0 Å². The molecular formula is C16H25NO2. The van der Waals surface area contributed by atoms with Crippen LogP contribution in [0.25, 0.3) is 0 Å². The third-order valence-electron chi connectivity index (χ3n) is 3.15. The summed E-state index contributed by atoms with van der Waals surface area (Å²) in [6.07, 6.45) is 1.17. The molecule has 2 atom stereocenters. The Morgan fingerprint density at radius 3 is 2.74 bits per heavy atom. The van der Waals surface area contributed by atoms with E-state index < -0.39 is 0 Å². The Kier molecular flexibility index (Phi) is 4.48. The van der Waals surface area contributed by atoms with Crippen LogP contribution >= 0.6 is 0 Å². The van der Waals surface area contributed by atoms with Crippen LogP contribution in [0.2, 0.25) is 0 Å². The molecule has 1 aromatic rings. The van der Waals surface area contributed by atoms with Crippen LogP contribution < -0.4 is 10.1 Å². The van der Waals surface area contributed by atoms with Gasteiger partial charge < -0.3 is 14.8 Å². The molecule has 0 aromatic heterocycles. The number of ether oxygens (including phenoxy) is 2. The van der Waals surface area contributed by atoms with Crippen LogP contribution in [0.1, 0.15) is 45.7 Å². The highest BCUT2D eigenvalue weighted by Gasteiger charge is 2.33. The summed E-state index contributed by atoms with van der Waals surface area (Å²) in [6, 6.07) is 8.44. The average Bonchev–Trinajstić information content (AvgIpc) is 2.35. The van der Waals surface area contributed by atoms with Crippen molar-refractivity contribution in [1.82, 2.24) is 5.32 Å². The molecule has 0 amide bonds. The number of nitrogens with one attached hydrogen (secondary N) is 1. The fraction of sp³-hybridized carbons (Fsp3) is 0.625. The Morgan fingerprint density at radius 2 is 2.05 bits per heavy atom. The Morgan fingerprint density at radius 1 is 1.32 bits per heavy atom. The number of hydrogen-bond donors (Lipinski definition) is 1. The van der Waals surface area contributed by atoms with Crippen molar-refractivity contribution in [3.8, 4) is 5.75 Å². The molecule has 106 valence electrons. The number of hydrogen-bond acceptors (Lipinski definition) is 3. The molecule has 0 fully saturated rings. The van der Waals surface area contributed by atoms with Crippen molar-refractivity contribution in [2.75, 3.05) is 13.2 Å². The van der Waals surface area contributed by atoms with Gasteiger partial charge in [-0.05, 0) is 39.8 Å². The molecule has 0 aliphatic carbocycles. The third-order valence-corrected chi connectivity index (χ3v) is 3.15. The molecule has 1 aliphatic rings. The van der Waals surface area contributed by atoms with Crippen LogP contribution in [0.3, 0.4) is 0 Å². The van der Waals surface area contributed by atoms with E-state index in [-0.39, 0.29) is 17.7 Å². The van der Waals surface area contributed by atoms with Crippen LogP contribution in [0.15, 0.2) is 24.3 Å². The maximum absolute atomic E-state index is 6.16. The van der Waals surface area contributed by atoms with Crippen molar-refractivity contribution in [2.24, 2.45) is 0 Å². The first-order chi connectivity index (χ1) is 9.01. The van der Waals surface area contributed by atoms with Gasteiger partial charge in [-0.3, -0.25) is 0 Å². The zero-order chi connectivity index (χ0) is 13.9. The van der Waals surface area contributed by atoms with Crippen LogP contribution in [0, 0.1) is 0 Å². The van der Waals surface area contributed by atoms with Crippen LogP contribution in [-0.4, -0.2) is 24.9 Å². The molecule has 2 unspecified atom stereocenters. The maximum Gasteiger partial charge on any atom is 0.124 e. The molecule has 0 spiro atoms. The van der Waals surface area contributed by atoms with E-state index in [9.17, 15) is 0 Å². The molecule has 0 radical (unpaired) electrons. The average molecular weight is 263 g/mol. The minimum atomic E-state index is -0.160. The van der Waals surface area contributed by atoms with Crippen molar-refractivity contribution in [1.29, 1.82) is 0 Å². The smallest absolute Gasteiger partial charge is 0.124 e. The van der Waals surface area contributed by atoms with E-state index in [4.69, 9.17) is 9.47 Å². The molecule has 1 N–H and O–H groups in total. The Balaban J connectivity index is 2.21. The quantitative estimate of drug-likeness (QED) is 0.904. The summed E-state index contributed by atoms with van der Waals surface area (Å²) in [7, 11) is 0. The predicted molar refractivity (Wildman–Crippen MR) is 77.6 cm³/mol. The van der Waals surface area contributed by atoms with Crippen molar-refractivity contribution >= 4 is 0 Å². The zero-order valence-corrected chi connectivity index (χ0v) is 12.4. The lowest BCUT2D eigenvalue weighted by Gasteiger charge is -2.37. The summed E-state index contributed by atoms with van der Waals surface area (Å²) in [5.41, 5.74) is 1.04. The van der Waals surface area contributed by atoms with Gasteiger partial charge in [0.2, 0.25) is 0 Å². The molecule has 3 heteroatoms. The minimum absolute atomic E-state index is 0.0569. The Labute approximate surface area is 116 Å². The lowest BCUT2D eigenvalue weighted by Crippen LogP contribution is -2.44. The molecule has 3 nitrogen and oxygen atoms in total. The topological polar surface area (TPSA) is 30.5 Å². The highest BCUT2D eigenvalue weighted by molar-refractivity contribution is 5.38.